The van der Waals surface area contributed by atoms with Gasteiger partial charge >= 0.3 is 0 Å². The second-order valence-electron chi connectivity index (χ2n) is 6.67. The molecule has 1 aliphatic rings. The Hall–Kier alpha value is -3.15. The molecule has 6 heteroatoms. The smallest absolute Gasteiger partial charge is 0.253 e. The van der Waals surface area contributed by atoms with Crippen LogP contribution in [-0.2, 0) is 6.54 Å². The van der Waals surface area contributed by atoms with Gasteiger partial charge in [0.25, 0.3) is 10.9 Å². The quantitative estimate of drug-likeness (QED) is 0.704. The fourth-order valence-corrected chi connectivity index (χ4v) is 3.47. The molecule has 0 aromatic heterocycles. The average molecular weight is 365 g/mol. The van der Waals surface area contributed by atoms with E-state index in [4.69, 9.17) is 0 Å². The monoisotopic (exact) mass is 365 g/mol. The third kappa shape index (κ3) is 3.43. The topological polar surface area (TPSA) is 52.7 Å². The molecule has 0 spiro atoms. The molecule has 1 N–H and O–H groups in total. The van der Waals surface area contributed by atoms with Crippen LogP contribution in [0.4, 0.5) is 21.5 Å². The second-order valence-corrected chi connectivity index (χ2v) is 6.67. The van der Waals surface area contributed by atoms with Gasteiger partial charge in [0.1, 0.15) is 17.2 Å². The average Bonchev–Trinajstić information content (AvgIpc) is 2.72. The highest BCUT2D eigenvalue weighted by Gasteiger charge is 2.28. The van der Waals surface area contributed by atoms with Gasteiger partial charge in [-0.25, -0.2) is 4.39 Å². The van der Waals surface area contributed by atoms with E-state index in [1.807, 2.05) is 35.2 Å². The molecule has 1 fully saturated rings. The van der Waals surface area contributed by atoms with Crippen molar-refractivity contribution in [1.82, 2.24) is 0 Å². The summed E-state index contributed by atoms with van der Waals surface area (Å²) in [5.74, 6) is -0.254. The molecule has 138 valence electrons. The second kappa shape index (κ2) is 7.23. The van der Waals surface area contributed by atoms with Gasteiger partial charge in [0.15, 0.2) is 0 Å². The standard InChI is InChI=1S/C21H20FN3O2/c22-16-6-8-17(9-7-16)24-10-12-25(13-11-24)19-18(20(26)21(19)27)23-14-15-4-2-1-3-5-15/h1-9,23H,10-14H2. The van der Waals surface area contributed by atoms with Gasteiger partial charge < -0.3 is 15.1 Å². The maximum atomic E-state index is 13.1. The van der Waals surface area contributed by atoms with E-state index in [1.54, 1.807) is 12.1 Å². The van der Waals surface area contributed by atoms with Crippen LogP contribution >= 0.6 is 0 Å². The summed E-state index contributed by atoms with van der Waals surface area (Å²) in [5, 5.41) is 3.12. The summed E-state index contributed by atoms with van der Waals surface area (Å²) in [6.45, 7) is 3.21. The number of hydrogen-bond donors (Lipinski definition) is 1. The van der Waals surface area contributed by atoms with Gasteiger partial charge in [-0.3, -0.25) is 9.59 Å². The molecule has 0 saturated carbocycles. The van der Waals surface area contributed by atoms with E-state index in [2.05, 4.69) is 10.2 Å². The summed E-state index contributed by atoms with van der Waals surface area (Å²) in [6.07, 6.45) is 0. The van der Waals surface area contributed by atoms with E-state index >= 15 is 0 Å². The Morgan fingerprint density at radius 3 is 2.11 bits per heavy atom. The van der Waals surface area contributed by atoms with Gasteiger partial charge in [0.05, 0.1) is 0 Å². The van der Waals surface area contributed by atoms with Gasteiger partial charge in [-0.15, -0.1) is 0 Å². The first kappa shape index (κ1) is 17.3. The third-order valence-electron chi connectivity index (χ3n) is 4.98. The molecule has 0 unspecified atom stereocenters. The number of halogens is 1. The summed E-state index contributed by atoms with van der Waals surface area (Å²) < 4.78 is 13.1. The third-order valence-corrected chi connectivity index (χ3v) is 4.98. The number of piperazine rings is 1. The molecule has 5 nitrogen and oxygen atoms in total. The number of anilines is 3. The van der Waals surface area contributed by atoms with Crippen LogP contribution in [-0.4, -0.2) is 26.2 Å². The Morgan fingerprint density at radius 1 is 0.815 bits per heavy atom. The molecule has 0 atom stereocenters. The lowest BCUT2D eigenvalue weighted by Gasteiger charge is -2.38. The first-order valence-corrected chi connectivity index (χ1v) is 9.00. The first-order valence-electron chi connectivity index (χ1n) is 9.00. The van der Waals surface area contributed by atoms with Crippen LogP contribution in [0.1, 0.15) is 5.56 Å². The SMILES string of the molecule is O=c1c(NCc2ccccc2)c(N2CCN(c3ccc(F)cc3)CC2)c1=O. The minimum Gasteiger partial charge on any atom is -0.376 e. The molecule has 0 aliphatic carbocycles. The summed E-state index contributed by atoms with van der Waals surface area (Å²) >= 11 is 0. The highest BCUT2D eigenvalue weighted by atomic mass is 19.1. The lowest BCUT2D eigenvalue weighted by atomic mass is 10.1. The molecule has 0 bridgehead atoms. The molecular formula is C21H20FN3O2. The minimum atomic E-state index is -0.443. The van der Waals surface area contributed by atoms with Gasteiger partial charge in [-0.05, 0) is 29.8 Å². The molecule has 4 rings (SSSR count). The van der Waals surface area contributed by atoms with Crippen LogP contribution in [0.25, 0.3) is 0 Å². The van der Waals surface area contributed by atoms with E-state index in [0.717, 1.165) is 11.3 Å². The van der Waals surface area contributed by atoms with Crippen LogP contribution < -0.4 is 26.0 Å². The maximum absolute atomic E-state index is 13.1. The highest BCUT2D eigenvalue weighted by Crippen LogP contribution is 2.24. The number of rotatable bonds is 5. The molecular weight excluding hydrogens is 345 g/mol. The normalized spacial score (nSPS) is 14.6. The van der Waals surface area contributed by atoms with Crippen LogP contribution in [0.2, 0.25) is 0 Å². The van der Waals surface area contributed by atoms with E-state index < -0.39 is 10.9 Å². The number of nitrogens with one attached hydrogen (secondary N) is 1. The Balaban J connectivity index is 1.43. The Morgan fingerprint density at radius 2 is 1.44 bits per heavy atom. The van der Waals surface area contributed by atoms with E-state index in [1.165, 1.54) is 12.1 Å². The zero-order valence-electron chi connectivity index (χ0n) is 14.8. The van der Waals surface area contributed by atoms with Crippen molar-refractivity contribution in [2.45, 2.75) is 6.54 Å². The van der Waals surface area contributed by atoms with Gasteiger partial charge in [-0.2, -0.15) is 0 Å². The van der Waals surface area contributed by atoms with Crippen molar-refractivity contribution >= 4 is 17.1 Å². The van der Waals surface area contributed by atoms with Crippen molar-refractivity contribution in [1.29, 1.82) is 0 Å². The fraction of sp³-hybridized carbons (Fsp3) is 0.238. The van der Waals surface area contributed by atoms with Crippen LogP contribution in [0.3, 0.4) is 0 Å². The summed E-state index contributed by atoms with van der Waals surface area (Å²) in [5.41, 5.74) is 2.07. The van der Waals surface area contributed by atoms with Gasteiger partial charge in [0.2, 0.25) is 0 Å². The van der Waals surface area contributed by atoms with Crippen LogP contribution in [0, 0.1) is 5.82 Å². The predicted molar refractivity (Wildman–Crippen MR) is 106 cm³/mol. The zero-order valence-corrected chi connectivity index (χ0v) is 14.8. The number of benzene rings is 2. The van der Waals surface area contributed by atoms with Gasteiger partial charge in [0, 0.05) is 38.4 Å². The molecule has 3 aromatic rings. The lowest BCUT2D eigenvalue weighted by Crippen LogP contribution is -2.51. The number of nitrogens with zero attached hydrogens (tertiary/aromatic N) is 2. The van der Waals surface area contributed by atoms with E-state index in [9.17, 15) is 14.0 Å². The Kier molecular flexibility index (Phi) is 4.62. The van der Waals surface area contributed by atoms with Crippen molar-refractivity contribution in [3.8, 4) is 0 Å². The zero-order chi connectivity index (χ0) is 18.8. The molecule has 0 amide bonds. The maximum Gasteiger partial charge on any atom is 0.253 e. The van der Waals surface area contributed by atoms with Crippen LogP contribution in [0.15, 0.2) is 64.2 Å². The van der Waals surface area contributed by atoms with Crippen molar-refractivity contribution < 1.29 is 4.39 Å². The molecule has 1 aliphatic heterocycles. The van der Waals surface area contributed by atoms with Crippen molar-refractivity contribution in [2.75, 3.05) is 41.3 Å². The largest absolute Gasteiger partial charge is 0.376 e. The minimum absolute atomic E-state index is 0.254. The summed E-state index contributed by atoms with van der Waals surface area (Å²) in [7, 11) is 0. The lowest BCUT2D eigenvalue weighted by molar-refractivity contribution is 0.624. The Labute approximate surface area is 156 Å². The number of hydrogen-bond acceptors (Lipinski definition) is 5. The molecule has 27 heavy (non-hydrogen) atoms. The Bertz CT molecular complexity index is 987. The molecule has 1 saturated heterocycles. The van der Waals surface area contributed by atoms with Gasteiger partial charge in [-0.1, -0.05) is 30.3 Å². The molecule has 1 heterocycles. The van der Waals surface area contributed by atoms with Crippen molar-refractivity contribution in [2.24, 2.45) is 0 Å². The summed E-state index contributed by atoms with van der Waals surface area (Å²) in [4.78, 5) is 28.3. The molecule has 0 radical (unpaired) electrons. The van der Waals surface area contributed by atoms with Crippen molar-refractivity contribution in [3.63, 3.8) is 0 Å². The molecule has 3 aromatic carbocycles. The summed E-state index contributed by atoms with van der Waals surface area (Å²) in [6, 6.07) is 16.2. The predicted octanol–water partition coefficient (Wildman–Crippen LogP) is 2.36. The fourth-order valence-electron chi connectivity index (χ4n) is 3.47. The van der Waals surface area contributed by atoms with E-state index in [-0.39, 0.29) is 5.82 Å². The van der Waals surface area contributed by atoms with Crippen molar-refractivity contribution in [3.05, 3.63) is 86.4 Å². The van der Waals surface area contributed by atoms with Crippen LogP contribution in [0.5, 0.6) is 0 Å². The highest BCUT2D eigenvalue weighted by molar-refractivity contribution is 5.75. The first-order chi connectivity index (χ1) is 13.1. The van der Waals surface area contributed by atoms with E-state index in [0.29, 0.717) is 44.1 Å².